The third kappa shape index (κ3) is 11.3. The second kappa shape index (κ2) is 12.9. The van der Waals surface area contributed by atoms with Crippen LogP contribution in [-0.2, 0) is 14.3 Å². The Hall–Kier alpha value is -2.71. The molecule has 0 aliphatic carbocycles. The topological polar surface area (TPSA) is 64.6 Å². The van der Waals surface area contributed by atoms with Crippen LogP contribution < -0.4 is 5.32 Å². The van der Waals surface area contributed by atoms with Crippen LogP contribution in [0.5, 0.6) is 0 Å². The van der Waals surface area contributed by atoms with E-state index in [1.165, 1.54) is 0 Å². The van der Waals surface area contributed by atoms with Crippen molar-refractivity contribution in [2.24, 2.45) is 0 Å². The summed E-state index contributed by atoms with van der Waals surface area (Å²) in [5.41, 5.74) is 1.81. The van der Waals surface area contributed by atoms with Crippen molar-refractivity contribution in [2.45, 2.75) is 65.5 Å². The van der Waals surface area contributed by atoms with Crippen molar-refractivity contribution >= 4 is 29.2 Å². The molecule has 1 rings (SSSR count). The van der Waals surface area contributed by atoms with Crippen molar-refractivity contribution in [3.05, 3.63) is 52.6 Å². The molecular weight excluding hydrogens is 414 g/mol. The maximum atomic E-state index is 12.2. The molecule has 0 aromatic heterocycles. The van der Waals surface area contributed by atoms with Crippen molar-refractivity contribution in [3.8, 4) is 12.3 Å². The average molecular weight is 446 g/mol. The van der Waals surface area contributed by atoms with Crippen LogP contribution in [0.3, 0.4) is 0 Å². The Bertz CT molecular complexity index is 859. The van der Waals surface area contributed by atoms with Crippen LogP contribution in [-0.4, -0.2) is 30.3 Å². The minimum atomic E-state index is -0.635. The summed E-state index contributed by atoms with van der Waals surface area (Å²) >= 11 is 6.05. The van der Waals surface area contributed by atoms with E-state index in [1.807, 2.05) is 38.1 Å². The Kier molecular flexibility index (Phi) is 10.9. The van der Waals surface area contributed by atoms with E-state index in [4.69, 9.17) is 27.5 Å². The third-order valence-electron chi connectivity index (χ3n) is 4.00. The Morgan fingerprint density at radius 3 is 2.55 bits per heavy atom. The van der Waals surface area contributed by atoms with Crippen molar-refractivity contribution in [1.82, 2.24) is 5.32 Å². The lowest BCUT2D eigenvalue weighted by Gasteiger charge is -2.23. The number of amides is 1. The lowest BCUT2D eigenvalue weighted by Crippen LogP contribution is -2.40. The van der Waals surface area contributed by atoms with E-state index in [-0.39, 0.29) is 12.4 Å². The van der Waals surface area contributed by atoms with E-state index in [0.29, 0.717) is 23.6 Å². The highest BCUT2D eigenvalue weighted by Gasteiger charge is 2.22. The number of hydrogen-bond acceptors (Lipinski definition) is 4. The number of nitrogens with one attached hydrogen (secondary N) is 1. The molecule has 0 radical (unpaired) electrons. The summed E-state index contributed by atoms with van der Waals surface area (Å²) in [4.78, 5) is 24.3. The van der Waals surface area contributed by atoms with Crippen LogP contribution >= 0.6 is 11.6 Å². The van der Waals surface area contributed by atoms with E-state index in [9.17, 15) is 9.59 Å². The van der Waals surface area contributed by atoms with Gasteiger partial charge in [-0.25, -0.2) is 4.79 Å². The molecule has 6 heteroatoms. The number of carbonyl (C=O) groups is 2. The maximum absolute atomic E-state index is 12.2. The molecule has 0 unspecified atom stereocenters. The third-order valence-corrected chi connectivity index (χ3v) is 4.23. The lowest BCUT2D eigenvalue weighted by atomic mass is 10.0. The summed E-state index contributed by atoms with van der Waals surface area (Å²) < 4.78 is 10.5. The minimum Gasteiger partial charge on any atom is -0.466 e. The predicted molar refractivity (Wildman–Crippen MR) is 126 cm³/mol. The second-order valence-corrected chi connectivity index (χ2v) is 8.66. The van der Waals surface area contributed by atoms with Gasteiger partial charge in [0.25, 0.3) is 0 Å². The van der Waals surface area contributed by atoms with E-state index in [2.05, 4.69) is 11.2 Å². The van der Waals surface area contributed by atoms with Gasteiger partial charge >= 0.3 is 12.1 Å². The largest absolute Gasteiger partial charge is 0.466 e. The lowest BCUT2D eigenvalue weighted by molar-refractivity contribution is -0.144. The van der Waals surface area contributed by atoms with Gasteiger partial charge in [0.15, 0.2) is 0 Å². The molecule has 0 fully saturated rings. The van der Waals surface area contributed by atoms with E-state index in [0.717, 1.165) is 17.6 Å². The fourth-order valence-corrected chi connectivity index (χ4v) is 2.88. The standard InChI is InChI=1S/C25H32ClNO4/c1-7-14-30-23(28)17-22(27-24(29)31-25(4,5)6)15-18(3)12-13-19(8-2)20-10-9-11-21(26)16-20/h2,9-13,16,22H,7,14-15,17H2,1,3-6H3,(H,27,29)/b18-12+,19-13+/t22-/m1/s1. The zero-order valence-corrected chi connectivity index (χ0v) is 19.7. The van der Waals surface area contributed by atoms with Crippen molar-refractivity contribution in [2.75, 3.05) is 6.61 Å². The molecule has 0 aliphatic rings. The highest BCUT2D eigenvalue weighted by Crippen LogP contribution is 2.19. The summed E-state index contributed by atoms with van der Waals surface area (Å²) in [6.45, 7) is 9.52. The molecule has 0 saturated heterocycles. The van der Waals surface area contributed by atoms with Gasteiger partial charge < -0.3 is 14.8 Å². The van der Waals surface area contributed by atoms with Crippen LogP contribution in [0.1, 0.15) is 59.4 Å². The number of rotatable bonds is 9. The van der Waals surface area contributed by atoms with Crippen LogP contribution in [0.4, 0.5) is 4.79 Å². The van der Waals surface area contributed by atoms with Crippen molar-refractivity contribution in [3.63, 3.8) is 0 Å². The average Bonchev–Trinajstić information content (AvgIpc) is 2.65. The smallest absolute Gasteiger partial charge is 0.407 e. The molecule has 1 amide bonds. The fourth-order valence-electron chi connectivity index (χ4n) is 2.69. The quantitative estimate of drug-likeness (QED) is 0.290. The number of esters is 1. The Labute approximate surface area is 190 Å². The van der Waals surface area contributed by atoms with Gasteiger partial charge in [0.05, 0.1) is 13.0 Å². The van der Waals surface area contributed by atoms with Gasteiger partial charge in [-0.1, -0.05) is 48.2 Å². The molecule has 1 N–H and O–H groups in total. The summed E-state index contributed by atoms with van der Waals surface area (Å²) in [6.07, 6.45) is 9.99. The molecule has 0 heterocycles. The number of hydrogen-bond donors (Lipinski definition) is 1. The molecule has 1 aromatic rings. The molecule has 1 aromatic carbocycles. The van der Waals surface area contributed by atoms with Crippen LogP contribution in [0.25, 0.3) is 5.57 Å². The van der Waals surface area contributed by atoms with Crippen molar-refractivity contribution in [1.29, 1.82) is 0 Å². The molecule has 1 atom stereocenters. The molecule has 168 valence electrons. The normalized spacial score (nSPS) is 13.2. The van der Waals surface area contributed by atoms with Crippen LogP contribution in [0, 0.1) is 12.3 Å². The summed E-state index contributed by atoms with van der Waals surface area (Å²) in [5.74, 6) is 2.30. The highest BCUT2D eigenvalue weighted by atomic mass is 35.5. The monoisotopic (exact) mass is 445 g/mol. The first-order valence-electron chi connectivity index (χ1n) is 10.3. The predicted octanol–water partition coefficient (Wildman–Crippen LogP) is 5.93. The molecule has 31 heavy (non-hydrogen) atoms. The number of carbonyl (C=O) groups excluding carboxylic acids is 2. The van der Waals surface area contributed by atoms with Crippen LogP contribution in [0.15, 0.2) is 42.0 Å². The number of ether oxygens (including phenoxy) is 2. The molecular formula is C25H32ClNO4. The summed E-state index contributed by atoms with van der Waals surface area (Å²) in [5, 5.41) is 3.37. The first-order chi connectivity index (χ1) is 14.5. The first-order valence-corrected chi connectivity index (χ1v) is 10.7. The number of benzene rings is 1. The first kappa shape index (κ1) is 26.3. The van der Waals surface area contributed by atoms with Gasteiger partial charge in [0.1, 0.15) is 5.60 Å². The Balaban J connectivity index is 2.95. The molecule has 0 aliphatic heterocycles. The highest BCUT2D eigenvalue weighted by molar-refractivity contribution is 6.30. The van der Waals surface area contributed by atoms with E-state index >= 15 is 0 Å². The second-order valence-electron chi connectivity index (χ2n) is 8.22. The minimum absolute atomic E-state index is 0.0461. The van der Waals surface area contributed by atoms with E-state index < -0.39 is 17.7 Å². The fraction of sp³-hybridized carbons (Fsp3) is 0.440. The van der Waals surface area contributed by atoms with Gasteiger partial charge in [-0.2, -0.15) is 0 Å². The Morgan fingerprint density at radius 1 is 1.26 bits per heavy atom. The van der Waals surface area contributed by atoms with Crippen LogP contribution in [0.2, 0.25) is 5.02 Å². The van der Waals surface area contributed by atoms with Crippen molar-refractivity contribution < 1.29 is 19.1 Å². The molecule has 0 saturated carbocycles. The van der Waals surface area contributed by atoms with Gasteiger partial charge in [-0.3, -0.25) is 4.79 Å². The number of allylic oxidation sites excluding steroid dienone is 3. The van der Waals surface area contributed by atoms with Gasteiger partial charge in [-0.15, -0.1) is 6.42 Å². The van der Waals surface area contributed by atoms with Gasteiger partial charge in [0.2, 0.25) is 0 Å². The Morgan fingerprint density at radius 2 is 1.97 bits per heavy atom. The van der Waals surface area contributed by atoms with Gasteiger partial charge in [0, 0.05) is 16.6 Å². The van der Waals surface area contributed by atoms with E-state index in [1.54, 1.807) is 32.9 Å². The zero-order chi connectivity index (χ0) is 23.4. The molecule has 5 nitrogen and oxygen atoms in total. The zero-order valence-electron chi connectivity index (χ0n) is 19.0. The van der Waals surface area contributed by atoms with Gasteiger partial charge in [-0.05, 0) is 64.3 Å². The molecule has 0 spiro atoms. The number of alkyl carbamates (subject to hydrolysis) is 1. The summed E-state index contributed by atoms with van der Waals surface area (Å²) in [6, 6.07) is 6.83. The number of terminal acetylenes is 1. The SMILES string of the molecule is C#C/C(=C\C=C(/C)C[C@H](CC(=O)OCCC)NC(=O)OC(C)(C)C)c1cccc(Cl)c1. The summed E-state index contributed by atoms with van der Waals surface area (Å²) in [7, 11) is 0. The number of halogens is 1. The maximum Gasteiger partial charge on any atom is 0.407 e. The molecule has 0 bridgehead atoms.